The zero-order valence-corrected chi connectivity index (χ0v) is 12.7. The summed E-state index contributed by atoms with van der Waals surface area (Å²) in [6, 6.07) is 4.45. The van der Waals surface area contributed by atoms with Gasteiger partial charge in [0.05, 0.1) is 31.3 Å². The molecule has 1 fully saturated rings. The van der Waals surface area contributed by atoms with Crippen molar-refractivity contribution in [2.75, 3.05) is 32.9 Å². The predicted octanol–water partition coefficient (Wildman–Crippen LogP) is 0.103. The molecule has 0 aliphatic carbocycles. The van der Waals surface area contributed by atoms with E-state index >= 15 is 0 Å². The van der Waals surface area contributed by atoms with Crippen LogP contribution in [-0.4, -0.2) is 51.4 Å². The monoisotopic (exact) mass is 316 g/mol. The van der Waals surface area contributed by atoms with Crippen LogP contribution in [0.5, 0.6) is 5.75 Å². The van der Waals surface area contributed by atoms with Crippen LogP contribution in [0.1, 0.15) is 12.5 Å². The highest BCUT2D eigenvalue weighted by Gasteiger charge is 2.21. The van der Waals surface area contributed by atoms with Crippen LogP contribution in [0, 0.1) is 0 Å². The molecule has 0 aromatic heterocycles. The van der Waals surface area contributed by atoms with Crippen molar-refractivity contribution in [3.8, 4) is 5.75 Å². The molecule has 1 aliphatic heterocycles. The van der Waals surface area contributed by atoms with Crippen molar-refractivity contribution >= 4 is 10.0 Å². The first-order valence-corrected chi connectivity index (χ1v) is 8.27. The molecule has 118 valence electrons. The molecule has 8 heteroatoms. The van der Waals surface area contributed by atoms with Crippen molar-refractivity contribution in [2.24, 2.45) is 0 Å². The van der Waals surface area contributed by atoms with Gasteiger partial charge in [-0.05, 0) is 25.1 Å². The highest BCUT2D eigenvalue weighted by molar-refractivity contribution is 7.89. The van der Waals surface area contributed by atoms with Crippen molar-refractivity contribution in [1.82, 2.24) is 9.84 Å². The molecule has 0 radical (unpaired) electrons. The molecule has 0 saturated carbocycles. The number of morpholine rings is 1. The van der Waals surface area contributed by atoms with Gasteiger partial charge in [-0.15, -0.1) is 4.83 Å². The third-order valence-electron chi connectivity index (χ3n) is 3.07. The van der Waals surface area contributed by atoms with Crippen molar-refractivity contribution in [3.63, 3.8) is 0 Å². The molecule has 0 atom stereocenters. The van der Waals surface area contributed by atoms with Gasteiger partial charge >= 0.3 is 0 Å². The minimum absolute atomic E-state index is 0.0986. The van der Waals surface area contributed by atoms with Gasteiger partial charge in [0.15, 0.2) is 0 Å². The number of hydrogen-bond donors (Lipinski definition) is 2. The van der Waals surface area contributed by atoms with Crippen molar-refractivity contribution in [2.45, 2.75) is 18.4 Å². The molecule has 7 nitrogen and oxygen atoms in total. The fourth-order valence-electron chi connectivity index (χ4n) is 2.02. The van der Waals surface area contributed by atoms with E-state index in [-0.39, 0.29) is 11.5 Å². The molecule has 1 aromatic carbocycles. The lowest BCUT2D eigenvalue weighted by molar-refractivity contribution is 0.0272. The van der Waals surface area contributed by atoms with E-state index in [1.165, 1.54) is 12.1 Å². The van der Waals surface area contributed by atoms with Gasteiger partial charge < -0.3 is 14.6 Å². The number of aliphatic hydroxyl groups is 1. The van der Waals surface area contributed by atoms with Gasteiger partial charge in [-0.25, -0.2) is 13.4 Å². The maximum Gasteiger partial charge on any atom is 0.253 e. The largest absolute Gasteiger partial charge is 0.494 e. The standard InChI is InChI=1S/C13H20N2O5S/c1-2-20-13-4-3-12(9-11(13)10-16)21(17,18)14-15-5-7-19-8-6-15/h3-4,9,14,16H,2,5-8,10H2,1H3. The van der Waals surface area contributed by atoms with Crippen LogP contribution in [0.25, 0.3) is 0 Å². The number of nitrogens with one attached hydrogen (secondary N) is 1. The number of ether oxygens (including phenoxy) is 2. The maximum atomic E-state index is 12.3. The van der Waals surface area contributed by atoms with Gasteiger partial charge in [0.1, 0.15) is 5.75 Å². The summed E-state index contributed by atoms with van der Waals surface area (Å²) in [5, 5.41) is 10.9. The summed E-state index contributed by atoms with van der Waals surface area (Å²) in [5.74, 6) is 0.491. The lowest BCUT2D eigenvalue weighted by atomic mass is 10.2. The van der Waals surface area contributed by atoms with Crippen molar-refractivity contribution < 1.29 is 23.0 Å². The Morgan fingerprint density at radius 3 is 2.71 bits per heavy atom. The first-order valence-electron chi connectivity index (χ1n) is 6.78. The Balaban J connectivity index is 2.18. The zero-order chi connectivity index (χ0) is 15.3. The fraction of sp³-hybridized carbons (Fsp3) is 0.538. The summed E-state index contributed by atoms with van der Waals surface area (Å²) in [6.45, 7) is 3.99. The Labute approximate surface area is 124 Å². The predicted molar refractivity (Wildman–Crippen MR) is 76.2 cm³/mol. The highest BCUT2D eigenvalue weighted by Crippen LogP contribution is 2.23. The Hall–Kier alpha value is -1.19. The molecule has 0 spiro atoms. The van der Waals surface area contributed by atoms with E-state index in [9.17, 15) is 13.5 Å². The van der Waals surface area contributed by atoms with Gasteiger partial charge in [-0.3, -0.25) is 0 Å². The van der Waals surface area contributed by atoms with Gasteiger partial charge in [0, 0.05) is 18.7 Å². The van der Waals surface area contributed by atoms with Gasteiger partial charge in [-0.2, -0.15) is 0 Å². The van der Waals surface area contributed by atoms with Crippen molar-refractivity contribution in [3.05, 3.63) is 23.8 Å². The summed E-state index contributed by atoms with van der Waals surface area (Å²) < 4.78 is 35.2. The molecular weight excluding hydrogens is 296 g/mol. The molecule has 0 bridgehead atoms. The van der Waals surface area contributed by atoms with Crippen LogP contribution in [0.4, 0.5) is 0 Å². The van der Waals surface area contributed by atoms with Crippen LogP contribution in [-0.2, 0) is 21.4 Å². The number of rotatable bonds is 6. The lowest BCUT2D eigenvalue weighted by Crippen LogP contribution is -2.48. The van der Waals surface area contributed by atoms with E-state index in [2.05, 4.69) is 4.83 Å². The smallest absolute Gasteiger partial charge is 0.253 e. The van der Waals surface area contributed by atoms with E-state index in [1.54, 1.807) is 11.1 Å². The zero-order valence-electron chi connectivity index (χ0n) is 11.9. The third kappa shape index (κ3) is 4.14. The van der Waals surface area contributed by atoms with Crippen molar-refractivity contribution in [1.29, 1.82) is 0 Å². The number of hydrogen-bond acceptors (Lipinski definition) is 6. The average molecular weight is 316 g/mol. The summed E-state index contributed by atoms with van der Waals surface area (Å²) in [5.41, 5.74) is 0.446. The molecule has 2 rings (SSSR count). The summed E-state index contributed by atoms with van der Waals surface area (Å²) in [6.07, 6.45) is 0. The van der Waals surface area contributed by atoms with E-state index in [0.717, 1.165) is 0 Å². The van der Waals surface area contributed by atoms with Gasteiger partial charge in [-0.1, -0.05) is 0 Å². The average Bonchev–Trinajstić information content (AvgIpc) is 2.48. The number of nitrogens with zero attached hydrogens (tertiary/aromatic N) is 1. The Morgan fingerprint density at radius 2 is 2.10 bits per heavy atom. The Kier molecular flexibility index (Phi) is 5.54. The van der Waals surface area contributed by atoms with Crippen LogP contribution in [0.2, 0.25) is 0 Å². The first kappa shape index (κ1) is 16.2. The van der Waals surface area contributed by atoms with Gasteiger partial charge in [0.25, 0.3) is 10.0 Å². The summed E-state index contributed by atoms with van der Waals surface area (Å²) in [4.78, 5) is 2.62. The van der Waals surface area contributed by atoms with Crippen LogP contribution >= 0.6 is 0 Å². The topological polar surface area (TPSA) is 88.1 Å². The highest BCUT2D eigenvalue weighted by atomic mass is 32.2. The molecule has 0 amide bonds. The van der Waals surface area contributed by atoms with E-state index < -0.39 is 10.0 Å². The molecule has 0 unspecified atom stereocenters. The molecule has 21 heavy (non-hydrogen) atoms. The van der Waals surface area contributed by atoms with Crippen LogP contribution < -0.4 is 9.57 Å². The summed E-state index contributed by atoms with van der Waals surface area (Å²) >= 11 is 0. The van der Waals surface area contributed by atoms with E-state index in [1.807, 2.05) is 6.92 Å². The number of sulfonamides is 1. The molecular formula is C13H20N2O5S. The third-order valence-corrected chi connectivity index (χ3v) is 4.45. The Bertz CT molecular complexity index is 570. The van der Waals surface area contributed by atoms with E-state index in [0.29, 0.717) is 44.2 Å². The molecule has 1 aliphatic rings. The Morgan fingerprint density at radius 1 is 1.38 bits per heavy atom. The first-order chi connectivity index (χ1) is 10.1. The maximum absolute atomic E-state index is 12.3. The fourth-order valence-corrected chi connectivity index (χ4v) is 3.19. The summed E-state index contributed by atoms with van der Waals surface area (Å²) in [7, 11) is -3.67. The molecule has 1 heterocycles. The van der Waals surface area contributed by atoms with E-state index in [4.69, 9.17) is 9.47 Å². The second-order valence-corrected chi connectivity index (χ2v) is 6.22. The normalized spacial score (nSPS) is 16.9. The second kappa shape index (κ2) is 7.19. The molecule has 1 saturated heterocycles. The minimum Gasteiger partial charge on any atom is -0.494 e. The number of benzene rings is 1. The minimum atomic E-state index is -3.67. The van der Waals surface area contributed by atoms with Crippen LogP contribution in [0.15, 0.2) is 23.1 Å². The number of aliphatic hydroxyl groups excluding tert-OH is 1. The SMILES string of the molecule is CCOc1ccc(S(=O)(=O)NN2CCOCC2)cc1CO. The lowest BCUT2D eigenvalue weighted by Gasteiger charge is -2.26. The number of hydrazine groups is 1. The molecule has 2 N–H and O–H groups in total. The van der Waals surface area contributed by atoms with Gasteiger partial charge in [0.2, 0.25) is 0 Å². The van der Waals surface area contributed by atoms with Crippen LogP contribution in [0.3, 0.4) is 0 Å². The molecule has 1 aromatic rings. The quantitative estimate of drug-likeness (QED) is 0.774. The second-order valence-electron chi connectivity index (χ2n) is 4.55.